The zero-order valence-corrected chi connectivity index (χ0v) is 12.0. The van der Waals surface area contributed by atoms with Gasteiger partial charge in [0.2, 0.25) is 0 Å². The van der Waals surface area contributed by atoms with E-state index in [-0.39, 0.29) is 40.8 Å². The number of nitrogens with zero attached hydrogens (tertiary/aromatic N) is 1. The standard InChI is InChI=1S/C9H7NO.CH4.Hg/c11-8-5-1-3-7-4-2-6-10-9(7)8;;/h1-6,11H;1H4;/q;;+1/p-1. The van der Waals surface area contributed by atoms with E-state index in [0.717, 1.165) is 5.39 Å². The summed E-state index contributed by atoms with van der Waals surface area (Å²) in [7, 11) is 0. The number of para-hydroxylation sites is 1. The Morgan fingerprint density at radius 1 is 1.08 bits per heavy atom. The Hall–Kier alpha value is -0.635. The summed E-state index contributed by atoms with van der Waals surface area (Å²) in [6, 6.07) is 8.84. The van der Waals surface area contributed by atoms with Crippen molar-refractivity contribution in [3.8, 4) is 5.75 Å². The van der Waals surface area contributed by atoms with Crippen LogP contribution in [0.25, 0.3) is 10.9 Å². The van der Waals surface area contributed by atoms with Crippen LogP contribution in [-0.2, 0) is 27.7 Å². The van der Waals surface area contributed by atoms with Crippen molar-refractivity contribution in [2.24, 2.45) is 0 Å². The molecule has 2 aromatic rings. The molecule has 3 heteroatoms. The van der Waals surface area contributed by atoms with Crippen molar-refractivity contribution in [1.82, 2.24) is 4.98 Å². The zero-order chi connectivity index (χ0) is 7.68. The third-order valence-electron chi connectivity index (χ3n) is 1.60. The van der Waals surface area contributed by atoms with Crippen LogP contribution in [0.1, 0.15) is 7.43 Å². The molecule has 0 aliphatic rings. The Kier molecular flexibility index (Phi) is 4.92. The molecular weight excluding hydrogens is 351 g/mol. The first kappa shape index (κ1) is 12.4. The van der Waals surface area contributed by atoms with E-state index in [4.69, 9.17) is 0 Å². The van der Waals surface area contributed by atoms with E-state index >= 15 is 0 Å². The molecule has 1 aromatic heterocycles. The van der Waals surface area contributed by atoms with Gasteiger partial charge in [0.15, 0.2) is 0 Å². The summed E-state index contributed by atoms with van der Waals surface area (Å²) in [5.41, 5.74) is 0.551. The third-order valence-corrected chi connectivity index (χ3v) is 1.60. The fraction of sp³-hybridized carbons (Fsp3) is 0.100. The minimum atomic E-state index is -0.0110. The molecule has 0 aliphatic carbocycles. The fourth-order valence-corrected chi connectivity index (χ4v) is 1.08. The molecule has 2 rings (SSSR count). The van der Waals surface area contributed by atoms with E-state index in [9.17, 15) is 5.11 Å². The molecule has 0 spiro atoms. The van der Waals surface area contributed by atoms with Crippen LogP contribution in [0.2, 0.25) is 0 Å². The summed E-state index contributed by atoms with van der Waals surface area (Å²) in [4.78, 5) is 3.97. The molecule has 0 aliphatic heterocycles. The minimum absolute atomic E-state index is 0. The number of fused-ring (bicyclic) bond motifs is 1. The molecule has 1 heterocycles. The van der Waals surface area contributed by atoms with Gasteiger partial charge in [-0.2, -0.15) is 0 Å². The van der Waals surface area contributed by atoms with Gasteiger partial charge < -0.3 is 5.11 Å². The average molecular weight is 361 g/mol. The van der Waals surface area contributed by atoms with Gasteiger partial charge in [0.25, 0.3) is 0 Å². The Morgan fingerprint density at radius 3 is 2.46 bits per heavy atom. The predicted molar refractivity (Wildman–Crippen MR) is 47.9 cm³/mol. The molecular formula is C10H10HgNO. The smallest absolute Gasteiger partial charge is 0.871 e. The van der Waals surface area contributed by atoms with E-state index in [1.165, 1.54) is 6.07 Å². The molecule has 0 bridgehead atoms. The van der Waals surface area contributed by atoms with Gasteiger partial charge in [-0.15, -0.1) is 0 Å². The monoisotopic (exact) mass is 362 g/mol. The molecule has 0 saturated heterocycles. The van der Waals surface area contributed by atoms with E-state index < -0.39 is 0 Å². The van der Waals surface area contributed by atoms with E-state index in [2.05, 4.69) is 4.98 Å². The summed E-state index contributed by atoms with van der Waals surface area (Å²) in [5.74, 6) is -0.0110. The van der Waals surface area contributed by atoms with E-state index in [1.807, 2.05) is 18.2 Å². The molecule has 0 atom stereocenters. The van der Waals surface area contributed by atoms with Crippen molar-refractivity contribution in [3.63, 3.8) is 0 Å². The summed E-state index contributed by atoms with van der Waals surface area (Å²) in [6.07, 6.45) is 1.63. The fourth-order valence-electron chi connectivity index (χ4n) is 1.08. The molecule has 0 unspecified atom stereocenters. The van der Waals surface area contributed by atoms with Gasteiger partial charge in [-0.3, -0.25) is 4.98 Å². The van der Waals surface area contributed by atoms with Gasteiger partial charge in [-0.25, -0.2) is 0 Å². The topological polar surface area (TPSA) is 36.0 Å². The Bertz CT molecular complexity index is 384. The number of hydrogen-bond donors (Lipinski definition) is 0. The molecule has 1 aromatic carbocycles. The first-order chi connectivity index (χ1) is 5.38. The van der Waals surface area contributed by atoms with Crippen molar-refractivity contribution in [2.45, 2.75) is 7.43 Å². The molecule has 2 nitrogen and oxygen atoms in total. The van der Waals surface area contributed by atoms with Crippen LogP contribution in [0.4, 0.5) is 0 Å². The Morgan fingerprint density at radius 2 is 1.77 bits per heavy atom. The second-order valence-corrected chi connectivity index (χ2v) is 2.33. The zero-order valence-electron chi connectivity index (χ0n) is 6.53. The Balaban J connectivity index is 0.000000720. The Labute approximate surface area is 98.1 Å². The van der Waals surface area contributed by atoms with E-state index in [0.29, 0.717) is 5.52 Å². The normalized spacial score (nSPS) is 8.62. The van der Waals surface area contributed by atoms with Gasteiger partial charge in [0.05, 0.1) is 5.52 Å². The third kappa shape index (κ3) is 2.40. The van der Waals surface area contributed by atoms with Gasteiger partial charge in [-0.05, 0) is 11.5 Å². The molecule has 0 fully saturated rings. The number of pyridine rings is 1. The second-order valence-electron chi connectivity index (χ2n) is 2.33. The average Bonchev–Trinajstić information content (AvgIpc) is 2.06. The molecule has 63 valence electrons. The van der Waals surface area contributed by atoms with Crippen LogP contribution in [0.3, 0.4) is 0 Å². The number of benzene rings is 1. The summed E-state index contributed by atoms with van der Waals surface area (Å²) in [5, 5.41) is 12.0. The largest absolute Gasteiger partial charge is 1.00 e. The van der Waals surface area contributed by atoms with E-state index in [1.54, 1.807) is 12.3 Å². The van der Waals surface area contributed by atoms with Crippen LogP contribution in [0, 0.1) is 0 Å². The van der Waals surface area contributed by atoms with Crippen molar-refractivity contribution in [3.05, 3.63) is 36.5 Å². The van der Waals surface area contributed by atoms with Gasteiger partial charge >= 0.3 is 27.7 Å². The number of aromatic nitrogens is 1. The van der Waals surface area contributed by atoms with Crippen LogP contribution in [0.15, 0.2) is 36.5 Å². The van der Waals surface area contributed by atoms with Crippen molar-refractivity contribution in [1.29, 1.82) is 0 Å². The van der Waals surface area contributed by atoms with Crippen LogP contribution < -0.4 is 5.11 Å². The second kappa shape index (κ2) is 5.17. The molecule has 13 heavy (non-hydrogen) atoms. The van der Waals surface area contributed by atoms with Crippen LogP contribution in [-0.4, -0.2) is 4.98 Å². The number of rotatable bonds is 0. The van der Waals surface area contributed by atoms with Gasteiger partial charge in [0, 0.05) is 6.20 Å². The quantitative estimate of drug-likeness (QED) is 0.673. The van der Waals surface area contributed by atoms with Gasteiger partial charge in [-0.1, -0.05) is 37.4 Å². The minimum Gasteiger partial charge on any atom is -0.871 e. The first-order valence-corrected chi connectivity index (χ1v) is 3.39. The molecule has 0 saturated carbocycles. The maximum atomic E-state index is 11.1. The van der Waals surface area contributed by atoms with Crippen molar-refractivity contribution < 1.29 is 32.8 Å². The van der Waals surface area contributed by atoms with Gasteiger partial charge in [0.1, 0.15) is 0 Å². The maximum absolute atomic E-state index is 11.1. The molecule has 1 radical (unpaired) electrons. The van der Waals surface area contributed by atoms with Crippen LogP contribution in [0.5, 0.6) is 5.75 Å². The molecule has 0 N–H and O–H groups in total. The molecule has 0 amide bonds. The summed E-state index contributed by atoms with van der Waals surface area (Å²) in [6.45, 7) is 0. The summed E-state index contributed by atoms with van der Waals surface area (Å²) < 4.78 is 0. The summed E-state index contributed by atoms with van der Waals surface area (Å²) >= 11 is 0. The SMILES string of the molecule is C.[Hg+].[O-]c1cccc2cccnc12. The predicted octanol–water partition coefficient (Wildman–Crippen LogP) is 1.94. The van der Waals surface area contributed by atoms with Crippen LogP contribution >= 0.6 is 0 Å². The maximum Gasteiger partial charge on any atom is 1.00 e. The first-order valence-electron chi connectivity index (χ1n) is 3.39. The van der Waals surface area contributed by atoms with Crippen molar-refractivity contribution in [2.75, 3.05) is 0 Å². The van der Waals surface area contributed by atoms with Crippen molar-refractivity contribution >= 4 is 10.9 Å². The number of hydrogen-bond acceptors (Lipinski definition) is 2.